The second-order valence-corrected chi connectivity index (χ2v) is 2.05. The number of aliphatic imine (C=N–C) groups is 1. The van der Waals surface area contributed by atoms with Crippen LogP contribution in [0.3, 0.4) is 0 Å². The van der Waals surface area contributed by atoms with Gasteiger partial charge in [0.25, 0.3) is 0 Å². The molecule has 0 radical (unpaired) electrons. The molecular weight excluding hydrogens is 126 g/mol. The summed E-state index contributed by atoms with van der Waals surface area (Å²) in [6, 6.07) is 0. The number of hydrogen-bond acceptors (Lipinski definition) is 3. The minimum absolute atomic E-state index is 1.06. The Morgan fingerprint density at radius 2 is 2.50 bits per heavy atom. The van der Waals surface area contributed by atoms with Crippen LogP contribution in [0.25, 0.3) is 0 Å². The summed E-state index contributed by atoms with van der Waals surface area (Å²) in [7, 11) is 3.85. The van der Waals surface area contributed by atoms with Gasteiger partial charge in [-0.3, -0.25) is 4.99 Å². The van der Waals surface area contributed by atoms with E-state index in [1.165, 1.54) is 0 Å². The molecule has 0 atom stereocenters. The highest BCUT2D eigenvalue weighted by Gasteiger charge is 1.98. The monoisotopic (exact) mass is 137 g/mol. The van der Waals surface area contributed by atoms with Crippen LogP contribution in [0.1, 0.15) is 0 Å². The van der Waals surface area contributed by atoms with E-state index >= 15 is 0 Å². The first-order valence-corrected chi connectivity index (χ1v) is 3.14. The topological polar surface area (TPSA) is 27.6 Å². The van der Waals surface area contributed by atoms with E-state index in [4.69, 9.17) is 0 Å². The quantitative estimate of drug-likeness (QED) is 0.571. The molecule has 1 aliphatic heterocycles. The van der Waals surface area contributed by atoms with E-state index in [9.17, 15) is 0 Å². The lowest BCUT2D eigenvalue weighted by Crippen LogP contribution is -2.15. The summed E-state index contributed by atoms with van der Waals surface area (Å²) >= 11 is 0. The van der Waals surface area contributed by atoms with Crippen molar-refractivity contribution < 1.29 is 0 Å². The van der Waals surface area contributed by atoms with Crippen LogP contribution < -0.4 is 5.32 Å². The molecule has 0 unspecified atom stereocenters. The third kappa shape index (κ3) is 1.37. The maximum atomic E-state index is 3.97. The molecule has 0 aromatic carbocycles. The second kappa shape index (κ2) is 3.06. The normalized spacial score (nSPS) is 20.2. The summed E-state index contributed by atoms with van der Waals surface area (Å²) in [5, 5.41) is 2.94. The van der Waals surface area contributed by atoms with Crippen molar-refractivity contribution in [3.05, 3.63) is 24.3 Å². The van der Waals surface area contributed by atoms with Crippen LogP contribution in [0, 0.1) is 0 Å². The fraction of sp³-hybridized carbons (Fsp3) is 0.286. The van der Waals surface area contributed by atoms with Gasteiger partial charge in [0.1, 0.15) is 0 Å². The molecule has 1 rings (SSSR count). The highest BCUT2D eigenvalue weighted by Crippen LogP contribution is 2.02. The summed E-state index contributed by atoms with van der Waals surface area (Å²) in [5.74, 6) is 0. The number of nitrogens with one attached hydrogen (secondary N) is 1. The average Bonchev–Trinajstić information content (AvgIpc) is 1.94. The molecule has 0 saturated heterocycles. The third-order valence-corrected chi connectivity index (χ3v) is 1.28. The van der Waals surface area contributed by atoms with E-state index < -0.39 is 0 Å². The largest absolute Gasteiger partial charge is 0.392 e. The first-order valence-electron chi connectivity index (χ1n) is 3.14. The molecule has 0 aromatic heterocycles. The van der Waals surface area contributed by atoms with Gasteiger partial charge in [-0.1, -0.05) is 0 Å². The molecule has 0 aliphatic carbocycles. The molecule has 3 nitrogen and oxygen atoms in total. The Morgan fingerprint density at radius 3 is 3.10 bits per heavy atom. The zero-order valence-electron chi connectivity index (χ0n) is 6.20. The van der Waals surface area contributed by atoms with Crippen molar-refractivity contribution in [3.63, 3.8) is 0 Å². The van der Waals surface area contributed by atoms with Gasteiger partial charge in [0.05, 0.1) is 11.9 Å². The van der Waals surface area contributed by atoms with Gasteiger partial charge >= 0.3 is 0 Å². The van der Waals surface area contributed by atoms with Crippen LogP contribution in [-0.2, 0) is 0 Å². The van der Waals surface area contributed by atoms with Gasteiger partial charge in [0, 0.05) is 32.7 Å². The molecular formula is C7H11N3. The minimum atomic E-state index is 1.06. The highest BCUT2D eigenvalue weighted by molar-refractivity contribution is 5.79. The van der Waals surface area contributed by atoms with E-state index in [0.29, 0.717) is 0 Å². The van der Waals surface area contributed by atoms with E-state index in [0.717, 1.165) is 5.70 Å². The lowest BCUT2D eigenvalue weighted by Gasteiger charge is -2.16. The van der Waals surface area contributed by atoms with Crippen LogP contribution in [0.2, 0.25) is 0 Å². The lowest BCUT2D eigenvalue weighted by molar-refractivity contribution is 0.589. The SMILES string of the molecule is CN/C=C1/C=NC=CN1C. The predicted molar refractivity (Wildman–Crippen MR) is 42.5 cm³/mol. The zero-order valence-corrected chi connectivity index (χ0v) is 6.20. The van der Waals surface area contributed by atoms with Gasteiger partial charge in [-0.15, -0.1) is 0 Å². The van der Waals surface area contributed by atoms with Crippen molar-refractivity contribution in [2.75, 3.05) is 14.1 Å². The molecule has 3 heteroatoms. The molecule has 54 valence electrons. The Balaban J connectivity index is 2.70. The highest BCUT2D eigenvalue weighted by atomic mass is 15.1. The molecule has 0 fully saturated rings. The van der Waals surface area contributed by atoms with Gasteiger partial charge in [-0.2, -0.15) is 0 Å². The molecule has 1 aliphatic rings. The van der Waals surface area contributed by atoms with Gasteiger partial charge in [0.15, 0.2) is 0 Å². The van der Waals surface area contributed by atoms with Gasteiger partial charge < -0.3 is 10.2 Å². The second-order valence-electron chi connectivity index (χ2n) is 2.05. The van der Waals surface area contributed by atoms with E-state index in [1.807, 2.05) is 31.4 Å². The van der Waals surface area contributed by atoms with Crippen LogP contribution >= 0.6 is 0 Å². The standard InChI is InChI=1S/C7H11N3/c1-8-5-7-6-9-3-4-10(7)2/h3-6,8H,1-2H3/b7-5-. The van der Waals surface area contributed by atoms with Crippen molar-refractivity contribution >= 4 is 6.21 Å². The maximum absolute atomic E-state index is 3.97. The molecule has 10 heavy (non-hydrogen) atoms. The Kier molecular flexibility index (Phi) is 2.10. The summed E-state index contributed by atoms with van der Waals surface area (Å²) in [6.45, 7) is 0. The smallest absolute Gasteiger partial charge is 0.0749 e. The van der Waals surface area contributed by atoms with Gasteiger partial charge in [-0.25, -0.2) is 0 Å². The predicted octanol–water partition coefficient (Wildman–Crippen LogP) is 0.535. The van der Waals surface area contributed by atoms with E-state index in [1.54, 1.807) is 12.4 Å². The number of hydrogen-bond donors (Lipinski definition) is 1. The Morgan fingerprint density at radius 1 is 1.70 bits per heavy atom. The van der Waals surface area contributed by atoms with Gasteiger partial charge in [0.2, 0.25) is 0 Å². The lowest BCUT2D eigenvalue weighted by atomic mass is 10.4. The van der Waals surface area contributed by atoms with E-state index in [-0.39, 0.29) is 0 Å². The van der Waals surface area contributed by atoms with Crippen LogP contribution in [0.4, 0.5) is 0 Å². The molecule has 0 bridgehead atoms. The van der Waals surface area contributed by atoms with Crippen molar-refractivity contribution in [3.8, 4) is 0 Å². The summed E-state index contributed by atoms with van der Waals surface area (Å²) < 4.78 is 0. The molecule has 1 N–H and O–H groups in total. The zero-order chi connectivity index (χ0) is 7.40. The molecule has 0 spiro atoms. The maximum Gasteiger partial charge on any atom is 0.0749 e. The van der Waals surface area contributed by atoms with Crippen molar-refractivity contribution in [1.82, 2.24) is 10.2 Å². The van der Waals surface area contributed by atoms with Crippen LogP contribution in [-0.4, -0.2) is 25.2 Å². The molecule has 0 saturated carbocycles. The molecule has 0 amide bonds. The molecule has 0 aromatic rings. The Bertz CT molecular complexity index is 191. The number of allylic oxidation sites excluding steroid dienone is 1. The summed E-state index contributed by atoms with van der Waals surface area (Å²) in [5.41, 5.74) is 1.06. The number of nitrogens with zero attached hydrogens (tertiary/aromatic N) is 2. The fourth-order valence-electron chi connectivity index (χ4n) is 0.722. The number of rotatable bonds is 1. The minimum Gasteiger partial charge on any atom is -0.392 e. The average molecular weight is 137 g/mol. The van der Waals surface area contributed by atoms with Crippen LogP contribution in [0.5, 0.6) is 0 Å². The van der Waals surface area contributed by atoms with Crippen molar-refractivity contribution in [2.24, 2.45) is 4.99 Å². The summed E-state index contributed by atoms with van der Waals surface area (Å²) in [4.78, 5) is 5.96. The van der Waals surface area contributed by atoms with Crippen molar-refractivity contribution in [2.45, 2.75) is 0 Å². The molecule has 1 heterocycles. The van der Waals surface area contributed by atoms with E-state index in [2.05, 4.69) is 10.3 Å². The third-order valence-electron chi connectivity index (χ3n) is 1.28. The first-order chi connectivity index (χ1) is 4.84. The first kappa shape index (κ1) is 6.86. The van der Waals surface area contributed by atoms with Crippen LogP contribution in [0.15, 0.2) is 29.3 Å². The summed E-state index contributed by atoms with van der Waals surface area (Å²) in [6.07, 6.45) is 7.36. The Labute approximate surface area is 60.7 Å². The van der Waals surface area contributed by atoms with Gasteiger partial charge in [-0.05, 0) is 0 Å². The van der Waals surface area contributed by atoms with Crippen molar-refractivity contribution in [1.29, 1.82) is 0 Å². The Hall–Kier alpha value is -1.25. The fourth-order valence-corrected chi connectivity index (χ4v) is 0.722.